The van der Waals surface area contributed by atoms with Crippen LogP contribution in [-0.2, 0) is 0 Å². The van der Waals surface area contributed by atoms with Gasteiger partial charge in [0.25, 0.3) is 0 Å². The fourth-order valence-corrected chi connectivity index (χ4v) is 0.852. The molecule has 0 aliphatic heterocycles. The van der Waals surface area contributed by atoms with E-state index in [0.29, 0.717) is 11.2 Å². The molecule has 5 heteroatoms. The zero-order valence-electron chi connectivity index (χ0n) is 6.84. The smallest absolute Gasteiger partial charge is 0.479 e. The van der Waals surface area contributed by atoms with Crippen LogP contribution in [0.3, 0.4) is 0 Å². The molecule has 0 fully saturated rings. The van der Waals surface area contributed by atoms with E-state index in [1.807, 2.05) is 6.07 Å². The van der Waals surface area contributed by atoms with Gasteiger partial charge in [0.15, 0.2) is 6.61 Å². The number of rotatable bonds is 3. The van der Waals surface area contributed by atoms with Gasteiger partial charge in [0.05, 0.1) is 0 Å². The first-order chi connectivity index (χ1) is 6.24. The third-order valence-electron chi connectivity index (χ3n) is 1.48. The Kier molecular flexibility index (Phi) is 3.32. The molecule has 0 aliphatic carbocycles. The summed E-state index contributed by atoms with van der Waals surface area (Å²) < 4.78 is 4.97. The van der Waals surface area contributed by atoms with Gasteiger partial charge in [-0.05, 0) is 17.6 Å². The zero-order valence-corrected chi connectivity index (χ0v) is 6.84. The van der Waals surface area contributed by atoms with E-state index in [0.717, 1.165) is 0 Å². The maximum absolute atomic E-state index is 8.75. The summed E-state index contributed by atoms with van der Waals surface area (Å²) in [5, 5.41) is 25.7. The van der Waals surface area contributed by atoms with Gasteiger partial charge in [-0.2, -0.15) is 5.26 Å². The van der Waals surface area contributed by atoms with Crippen LogP contribution in [0.2, 0.25) is 0 Å². The van der Waals surface area contributed by atoms with Crippen molar-refractivity contribution < 1.29 is 14.8 Å². The minimum absolute atomic E-state index is 0.0129. The SMILES string of the molecule is N#CCOc1ccc(B(O)O)cc1. The molecule has 1 aromatic carbocycles. The van der Waals surface area contributed by atoms with Crippen molar-refractivity contribution in [1.82, 2.24) is 0 Å². The number of nitriles is 1. The zero-order chi connectivity index (χ0) is 9.68. The molecule has 0 heterocycles. The molecule has 0 unspecified atom stereocenters. The summed E-state index contributed by atoms with van der Waals surface area (Å²) in [4.78, 5) is 0. The molecule has 0 saturated carbocycles. The molecule has 13 heavy (non-hydrogen) atoms. The lowest BCUT2D eigenvalue weighted by Crippen LogP contribution is -2.29. The van der Waals surface area contributed by atoms with Gasteiger partial charge in [-0.25, -0.2) is 0 Å². The Balaban J connectivity index is 2.65. The Morgan fingerprint density at radius 1 is 1.31 bits per heavy atom. The van der Waals surface area contributed by atoms with Crippen LogP contribution in [-0.4, -0.2) is 23.8 Å². The van der Waals surface area contributed by atoms with Gasteiger partial charge in [0.1, 0.15) is 11.8 Å². The average molecular weight is 177 g/mol. The molecule has 0 bridgehead atoms. The Hall–Kier alpha value is -1.51. The summed E-state index contributed by atoms with van der Waals surface area (Å²) in [5.41, 5.74) is 0.393. The molecule has 0 saturated heterocycles. The van der Waals surface area contributed by atoms with E-state index in [9.17, 15) is 0 Å². The third kappa shape index (κ3) is 2.78. The molecule has 0 amide bonds. The van der Waals surface area contributed by atoms with Crippen LogP contribution >= 0.6 is 0 Å². The highest BCUT2D eigenvalue weighted by Gasteiger charge is 2.09. The Labute approximate surface area is 76.1 Å². The van der Waals surface area contributed by atoms with Gasteiger partial charge in [-0.3, -0.25) is 0 Å². The van der Waals surface area contributed by atoms with Crippen molar-refractivity contribution in [3.05, 3.63) is 24.3 Å². The van der Waals surface area contributed by atoms with Gasteiger partial charge >= 0.3 is 7.12 Å². The van der Waals surface area contributed by atoms with Gasteiger partial charge in [0, 0.05) is 0 Å². The van der Waals surface area contributed by atoms with Crippen LogP contribution in [0.4, 0.5) is 0 Å². The van der Waals surface area contributed by atoms with Crippen molar-refractivity contribution in [2.75, 3.05) is 6.61 Å². The number of ether oxygens (including phenoxy) is 1. The van der Waals surface area contributed by atoms with Crippen LogP contribution in [0.15, 0.2) is 24.3 Å². The Morgan fingerprint density at radius 2 is 1.92 bits per heavy atom. The molecule has 0 atom stereocenters. The van der Waals surface area contributed by atoms with Crippen molar-refractivity contribution in [3.63, 3.8) is 0 Å². The van der Waals surface area contributed by atoms with Crippen molar-refractivity contribution in [2.24, 2.45) is 0 Å². The normalized spacial score (nSPS) is 9.00. The van der Waals surface area contributed by atoms with E-state index in [-0.39, 0.29) is 6.61 Å². The van der Waals surface area contributed by atoms with Gasteiger partial charge in [-0.1, -0.05) is 12.1 Å². The van der Waals surface area contributed by atoms with Crippen molar-refractivity contribution in [1.29, 1.82) is 5.26 Å². The number of hydrogen-bond donors (Lipinski definition) is 2. The van der Waals surface area contributed by atoms with Crippen molar-refractivity contribution in [2.45, 2.75) is 0 Å². The van der Waals surface area contributed by atoms with Crippen LogP contribution in [0, 0.1) is 11.3 Å². The summed E-state index contributed by atoms with van der Waals surface area (Å²) in [6, 6.07) is 8.03. The fraction of sp³-hybridized carbons (Fsp3) is 0.125. The molecule has 66 valence electrons. The first-order valence-corrected chi connectivity index (χ1v) is 3.70. The van der Waals surface area contributed by atoms with Gasteiger partial charge in [-0.15, -0.1) is 0 Å². The fourth-order valence-electron chi connectivity index (χ4n) is 0.852. The minimum Gasteiger partial charge on any atom is -0.479 e. The minimum atomic E-state index is -1.47. The van der Waals surface area contributed by atoms with E-state index >= 15 is 0 Å². The third-order valence-corrected chi connectivity index (χ3v) is 1.48. The molecule has 0 aliphatic rings. The standard InChI is InChI=1S/C8H8BNO3/c10-5-6-13-8-3-1-7(2-4-8)9(11)12/h1-4,11-12H,6H2. The molecule has 1 aromatic rings. The second-order valence-electron chi connectivity index (χ2n) is 2.39. The van der Waals surface area contributed by atoms with E-state index in [1.54, 1.807) is 12.1 Å². The van der Waals surface area contributed by atoms with Crippen molar-refractivity contribution in [3.8, 4) is 11.8 Å². The molecular weight excluding hydrogens is 169 g/mol. The molecule has 0 aromatic heterocycles. The molecule has 1 rings (SSSR count). The van der Waals surface area contributed by atoms with Gasteiger partial charge in [0.2, 0.25) is 0 Å². The van der Waals surface area contributed by atoms with E-state index in [1.165, 1.54) is 12.1 Å². The lowest BCUT2D eigenvalue weighted by Gasteiger charge is -2.02. The second-order valence-corrected chi connectivity index (χ2v) is 2.39. The Bertz CT molecular complexity index is 304. The largest absolute Gasteiger partial charge is 0.488 e. The first-order valence-electron chi connectivity index (χ1n) is 3.70. The van der Waals surface area contributed by atoms with E-state index < -0.39 is 7.12 Å². The highest BCUT2D eigenvalue weighted by Crippen LogP contribution is 2.06. The second kappa shape index (κ2) is 4.50. The lowest BCUT2D eigenvalue weighted by atomic mass is 9.80. The summed E-state index contributed by atoms with van der Waals surface area (Å²) in [5.74, 6) is 0.533. The number of hydrogen-bond acceptors (Lipinski definition) is 4. The number of benzene rings is 1. The summed E-state index contributed by atoms with van der Waals surface area (Å²) in [6.45, 7) is -0.0129. The van der Waals surface area contributed by atoms with Gasteiger partial charge < -0.3 is 14.8 Å². The first kappa shape index (κ1) is 9.58. The van der Waals surface area contributed by atoms with E-state index in [4.69, 9.17) is 20.0 Å². The van der Waals surface area contributed by atoms with E-state index in [2.05, 4.69) is 0 Å². The molecule has 0 spiro atoms. The highest BCUT2D eigenvalue weighted by molar-refractivity contribution is 6.58. The predicted octanol–water partition coefficient (Wildman–Crippen LogP) is -0.731. The lowest BCUT2D eigenvalue weighted by molar-refractivity contribution is 0.368. The van der Waals surface area contributed by atoms with Crippen LogP contribution in [0.25, 0.3) is 0 Å². The summed E-state index contributed by atoms with van der Waals surface area (Å²) in [6.07, 6.45) is 0. The maximum atomic E-state index is 8.75. The highest BCUT2D eigenvalue weighted by atomic mass is 16.5. The van der Waals surface area contributed by atoms with Crippen LogP contribution in [0.5, 0.6) is 5.75 Å². The van der Waals surface area contributed by atoms with Crippen LogP contribution in [0.1, 0.15) is 0 Å². The Morgan fingerprint density at radius 3 is 2.38 bits per heavy atom. The average Bonchev–Trinajstić information content (AvgIpc) is 2.15. The molecule has 4 nitrogen and oxygen atoms in total. The predicted molar refractivity (Wildman–Crippen MR) is 47.4 cm³/mol. The summed E-state index contributed by atoms with van der Waals surface area (Å²) in [7, 11) is -1.47. The summed E-state index contributed by atoms with van der Waals surface area (Å²) >= 11 is 0. The number of nitrogens with zero attached hydrogens (tertiary/aromatic N) is 1. The monoisotopic (exact) mass is 177 g/mol. The topological polar surface area (TPSA) is 73.5 Å². The van der Waals surface area contributed by atoms with Crippen molar-refractivity contribution >= 4 is 12.6 Å². The quantitative estimate of drug-likeness (QED) is 0.596. The molecule has 0 radical (unpaired) electrons. The maximum Gasteiger partial charge on any atom is 0.488 e. The van der Waals surface area contributed by atoms with Crippen LogP contribution < -0.4 is 10.2 Å². The molecular formula is C8H8BNO3. The molecule has 2 N–H and O–H groups in total.